The van der Waals surface area contributed by atoms with Crippen LogP contribution < -0.4 is 16.8 Å². The fourth-order valence-electron chi connectivity index (χ4n) is 1.67. The van der Waals surface area contributed by atoms with E-state index in [1.165, 1.54) is 0 Å². The number of hydrogen-bond acceptors (Lipinski definition) is 3. The summed E-state index contributed by atoms with van der Waals surface area (Å²) in [5.41, 5.74) is 12.2. The molecule has 0 aliphatic heterocycles. The van der Waals surface area contributed by atoms with E-state index in [-0.39, 0.29) is 35.4 Å². The first kappa shape index (κ1) is 16.7. The van der Waals surface area contributed by atoms with Gasteiger partial charge < -0.3 is 16.8 Å². The van der Waals surface area contributed by atoms with Gasteiger partial charge in [-0.15, -0.1) is 17.0 Å². The first-order valence-electron chi connectivity index (χ1n) is 6.05. The van der Waals surface area contributed by atoms with E-state index in [1.807, 2.05) is 18.2 Å². The van der Waals surface area contributed by atoms with Crippen LogP contribution in [0.3, 0.4) is 0 Å². The van der Waals surface area contributed by atoms with Crippen LogP contribution in [-0.4, -0.2) is 21.6 Å². The van der Waals surface area contributed by atoms with E-state index in [9.17, 15) is 4.79 Å². The number of aromatic nitrogens is 2. The molecule has 21 heavy (non-hydrogen) atoms. The minimum atomic E-state index is -0.146. The van der Waals surface area contributed by atoms with Crippen molar-refractivity contribution in [2.75, 3.05) is 5.32 Å². The van der Waals surface area contributed by atoms with Gasteiger partial charge >= 0.3 is 0 Å². The molecule has 0 aliphatic carbocycles. The summed E-state index contributed by atoms with van der Waals surface area (Å²) >= 11 is 0. The molecule has 5 N–H and O–H groups in total. The highest BCUT2D eigenvalue weighted by Crippen LogP contribution is 2.11. The van der Waals surface area contributed by atoms with Gasteiger partial charge in [0.25, 0.3) is 0 Å². The molecule has 112 valence electrons. The number of nitrogens with zero attached hydrogens (tertiary/aromatic N) is 3. The van der Waals surface area contributed by atoms with Gasteiger partial charge in [-0.3, -0.25) is 9.48 Å². The van der Waals surface area contributed by atoms with Gasteiger partial charge in [0.15, 0.2) is 5.96 Å². The Bertz CT molecular complexity index is 607. The van der Waals surface area contributed by atoms with Gasteiger partial charge in [-0.25, -0.2) is 4.99 Å². The van der Waals surface area contributed by atoms with Crippen molar-refractivity contribution < 1.29 is 4.79 Å². The Labute approximate surface area is 132 Å². The summed E-state index contributed by atoms with van der Waals surface area (Å²) in [6.45, 7) is 0.552. The highest BCUT2D eigenvalue weighted by molar-refractivity contribution is 8.93. The Hall–Kier alpha value is -2.35. The number of nitrogens with one attached hydrogen (secondary N) is 1. The van der Waals surface area contributed by atoms with Crippen molar-refractivity contribution in [2.24, 2.45) is 16.5 Å². The fourth-order valence-corrected chi connectivity index (χ4v) is 1.67. The molecule has 0 saturated heterocycles. The number of carbonyl (C=O) groups excluding carboxylic acids is 1. The lowest BCUT2D eigenvalue weighted by Gasteiger charge is -2.07. The van der Waals surface area contributed by atoms with Gasteiger partial charge in [0.05, 0.1) is 6.54 Å². The third kappa shape index (κ3) is 5.65. The molecule has 2 rings (SSSR count). The van der Waals surface area contributed by atoms with Crippen molar-refractivity contribution in [2.45, 2.75) is 13.1 Å². The monoisotopic (exact) mass is 352 g/mol. The zero-order valence-electron chi connectivity index (χ0n) is 11.3. The molecule has 0 saturated carbocycles. The maximum atomic E-state index is 11.8. The maximum Gasteiger partial charge on any atom is 0.246 e. The number of anilines is 1. The largest absolute Gasteiger partial charge is 0.370 e. The summed E-state index contributed by atoms with van der Waals surface area (Å²) in [6, 6.07) is 9.12. The zero-order valence-corrected chi connectivity index (χ0v) is 13.0. The van der Waals surface area contributed by atoms with E-state index >= 15 is 0 Å². The highest BCUT2D eigenvalue weighted by Gasteiger charge is 2.04. The first-order chi connectivity index (χ1) is 9.63. The molecule has 1 aromatic carbocycles. The highest BCUT2D eigenvalue weighted by atomic mass is 79.9. The molecule has 0 aliphatic rings. The molecule has 0 spiro atoms. The summed E-state index contributed by atoms with van der Waals surface area (Å²) < 4.78 is 1.55. The molecule has 1 aromatic heterocycles. The van der Waals surface area contributed by atoms with Crippen LogP contribution in [0.15, 0.2) is 47.7 Å². The smallest absolute Gasteiger partial charge is 0.246 e. The number of hydrogen-bond donors (Lipinski definition) is 3. The third-order valence-corrected chi connectivity index (χ3v) is 2.52. The quantitative estimate of drug-likeness (QED) is 0.547. The minimum Gasteiger partial charge on any atom is -0.370 e. The fraction of sp³-hybridized carbons (Fsp3) is 0.154. The number of nitrogens with two attached hydrogens (primary N) is 2. The lowest BCUT2D eigenvalue weighted by Crippen LogP contribution is -2.22. The summed E-state index contributed by atoms with van der Waals surface area (Å²) in [7, 11) is 0. The van der Waals surface area contributed by atoms with Crippen LogP contribution in [0.25, 0.3) is 0 Å². The van der Waals surface area contributed by atoms with Gasteiger partial charge in [-0.2, -0.15) is 5.10 Å². The van der Waals surface area contributed by atoms with Gasteiger partial charge in [0, 0.05) is 18.1 Å². The van der Waals surface area contributed by atoms with E-state index in [0.29, 0.717) is 12.2 Å². The second-order valence-electron chi connectivity index (χ2n) is 4.19. The molecule has 0 radical (unpaired) electrons. The predicted octanol–water partition coefficient (Wildman–Crippen LogP) is 0.873. The lowest BCUT2D eigenvalue weighted by molar-refractivity contribution is -0.116. The average molecular weight is 353 g/mol. The topological polar surface area (TPSA) is 111 Å². The van der Waals surface area contributed by atoms with E-state index in [0.717, 1.165) is 5.56 Å². The number of carbonyl (C=O) groups is 1. The first-order valence-corrected chi connectivity index (χ1v) is 6.05. The standard InChI is InChI=1S/C13H16N6O.BrH/c14-13(15)16-8-10-3-1-4-11(7-10)18-12(20)9-19-6-2-5-17-19;/h1-7H,8-9H2,(H,18,20)(H4,14,15,16);1H. The molecule has 2 aromatic rings. The van der Waals surface area contributed by atoms with E-state index in [2.05, 4.69) is 15.4 Å². The Morgan fingerprint density at radius 2 is 2.14 bits per heavy atom. The van der Waals surface area contributed by atoms with Crippen molar-refractivity contribution in [1.82, 2.24) is 9.78 Å². The Morgan fingerprint density at radius 1 is 1.33 bits per heavy atom. The molecule has 8 heteroatoms. The Morgan fingerprint density at radius 3 is 2.81 bits per heavy atom. The van der Waals surface area contributed by atoms with Crippen LogP contribution in [0.1, 0.15) is 5.56 Å². The van der Waals surface area contributed by atoms with E-state index < -0.39 is 0 Å². The lowest BCUT2D eigenvalue weighted by atomic mass is 10.2. The van der Waals surface area contributed by atoms with E-state index in [1.54, 1.807) is 29.2 Å². The van der Waals surface area contributed by atoms with Crippen LogP contribution in [0.4, 0.5) is 5.69 Å². The molecular weight excluding hydrogens is 336 g/mol. The van der Waals surface area contributed by atoms with E-state index in [4.69, 9.17) is 11.5 Å². The average Bonchev–Trinajstić information content (AvgIpc) is 2.89. The van der Waals surface area contributed by atoms with Crippen molar-refractivity contribution in [3.63, 3.8) is 0 Å². The number of halogens is 1. The van der Waals surface area contributed by atoms with Crippen LogP contribution in [0.5, 0.6) is 0 Å². The summed E-state index contributed by atoms with van der Waals surface area (Å²) in [5, 5.41) is 6.77. The molecule has 0 unspecified atom stereocenters. The number of aliphatic imine (C=N–C) groups is 1. The van der Waals surface area contributed by atoms with Crippen LogP contribution in [0, 0.1) is 0 Å². The Kier molecular flexibility index (Phi) is 6.41. The van der Waals surface area contributed by atoms with Crippen molar-refractivity contribution >= 4 is 34.5 Å². The second-order valence-corrected chi connectivity index (χ2v) is 4.19. The van der Waals surface area contributed by atoms with Gasteiger partial charge in [-0.05, 0) is 23.8 Å². The molecule has 1 heterocycles. The number of benzene rings is 1. The van der Waals surface area contributed by atoms with Gasteiger partial charge in [0.1, 0.15) is 6.54 Å². The van der Waals surface area contributed by atoms with Crippen LogP contribution >= 0.6 is 17.0 Å². The third-order valence-electron chi connectivity index (χ3n) is 2.52. The van der Waals surface area contributed by atoms with Crippen molar-refractivity contribution in [3.05, 3.63) is 48.3 Å². The number of rotatable bonds is 5. The number of amides is 1. The second kappa shape index (κ2) is 8.05. The van der Waals surface area contributed by atoms with Crippen molar-refractivity contribution in [1.29, 1.82) is 0 Å². The molecule has 0 fully saturated rings. The Balaban J connectivity index is 0.00000220. The zero-order chi connectivity index (χ0) is 14.4. The summed E-state index contributed by atoms with van der Waals surface area (Å²) in [6.07, 6.45) is 3.36. The molecule has 1 amide bonds. The minimum absolute atomic E-state index is 0. The normalized spacial score (nSPS) is 9.52. The molecule has 0 atom stereocenters. The molecular formula is C13H17BrN6O. The molecule has 7 nitrogen and oxygen atoms in total. The van der Waals surface area contributed by atoms with Crippen LogP contribution in [-0.2, 0) is 17.9 Å². The number of guanidine groups is 1. The predicted molar refractivity (Wildman–Crippen MR) is 87.1 cm³/mol. The SMILES string of the molecule is Br.NC(N)=NCc1cccc(NC(=O)Cn2cccn2)c1. The van der Waals surface area contributed by atoms with Gasteiger partial charge in [0.2, 0.25) is 5.91 Å². The summed E-state index contributed by atoms with van der Waals surface area (Å²) in [5.74, 6) is -0.106. The maximum absolute atomic E-state index is 11.8. The summed E-state index contributed by atoms with van der Waals surface area (Å²) in [4.78, 5) is 15.7. The molecule has 0 bridgehead atoms. The van der Waals surface area contributed by atoms with Gasteiger partial charge in [-0.1, -0.05) is 12.1 Å². The van der Waals surface area contributed by atoms with Crippen LogP contribution in [0.2, 0.25) is 0 Å². The van der Waals surface area contributed by atoms with Crippen molar-refractivity contribution in [3.8, 4) is 0 Å².